The summed E-state index contributed by atoms with van der Waals surface area (Å²) >= 11 is 1.51. The van der Waals surface area contributed by atoms with E-state index in [-0.39, 0.29) is 5.91 Å². The van der Waals surface area contributed by atoms with E-state index in [0.29, 0.717) is 5.69 Å². The van der Waals surface area contributed by atoms with E-state index >= 15 is 0 Å². The lowest BCUT2D eigenvalue weighted by molar-refractivity contribution is 0.0965. The van der Waals surface area contributed by atoms with Gasteiger partial charge in [0.25, 0.3) is 5.91 Å². The van der Waals surface area contributed by atoms with E-state index in [1.165, 1.54) is 22.5 Å². The minimum atomic E-state index is -0.192. The van der Waals surface area contributed by atoms with E-state index in [0.717, 1.165) is 22.6 Å². The Kier molecular flexibility index (Phi) is 6.27. The second-order valence-corrected chi connectivity index (χ2v) is 6.55. The van der Waals surface area contributed by atoms with Crippen LogP contribution in [0.3, 0.4) is 0 Å². The Balaban J connectivity index is 2.00. The van der Waals surface area contributed by atoms with Crippen LogP contribution in [0.2, 0.25) is 0 Å². The fourth-order valence-corrected chi connectivity index (χ4v) is 2.87. The minimum absolute atomic E-state index is 0.192. The van der Waals surface area contributed by atoms with Crippen LogP contribution in [-0.2, 0) is 6.42 Å². The van der Waals surface area contributed by atoms with Crippen molar-refractivity contribution in [2.24, 2.45) is 0 Å². The number of rotatable bonds is 6. The first kappa shape index (κ1) is 17.9. The SMILES string of the molecule is C=C/C(C)=C(C)\C=C\NC(=O)c1csc(Cc2ccccc2C)n1. The average Bonchev–Trinajstić information content (AvgIpc) is 3.04. The van der Waals surface area contributed by atoms with Crippen LogP contribution in [0.15, 0.2) is 65.7 Å². The predicted octanol–water partition coefficient (Wildman–Crippen LogP) is 4.81. The maximum absolute atomic E-state index is 12.1. The molecule has 124 valence electrons. The van der Waals surface area contributed by atoms with Crippen LogP contribution >= 0.6 is 11.3 Å². The second kappa shape index (κ2) is 8.41. The van der Waals surface area contributed by atoms with Crippen molar-refractivity contribution in [3.05, 3.63) is 87.6 Å². The quantitative estimate of drug-likeness (QED) is 0.768. The summed E-state index contributed by atoms with van der Waals surface area (Å²) in [6.45, 7) is 9.77. The number of amides is 1. The van der Waals surface area contributed by atoms with Gasteiger partial charge >= 0.3 is 0 Å². The molecule has 4 heteroatoms. The molecule has 1 N–H and O–H groups in total. The molecule has 0 saturated heterocycles. The second-order valence-electron chi connectivity index (χ2n) is 5.61. The number of allylic oxidation sites excluding steroid dienone is 4. The van der Waals surface area contributed by atoms with Crippen LogP contribution < -0.4 is 5.32 Å². The summed E-state index contributed by atoms with van der Waals surface area (Å²) < 4.78 is 0. The van der Waals surface area contributed by atoms with E-state index in [1.54, 1.807) is 17.7 Å². The molecule has 0 spiro atoms. The maximum atomic E-state index is 12.1. The lowest BCUT2D eigenvalue weighted by atomic mass is 10.1. The van der Waals surface area contributed by atoms with Gasteiger partial charge in [-0.3, -0.25) is 4.79 Å². The molecule has 0 aliphatic heterocycles. The van der Waals surface area contributed by atoms with Crippen LogP contribution in [0.1, 0.15) is 40.5 Å². The molecule has 0 fully saturated rings. The Morgan fingerprint density at radius 1 is 1.29 bits per heavy atom. The number of aryl methyl sites for hydroxylation is 1. The number of thiazole rings is 1. The zero-order valence-corrected chi connectivity index (χ0v) is 15.1. The lowest BCUT2D eigenvalue weighted by Gasteiger charge is -2.02. The van der Waals surface area contributed by atoms with Crippen LogP contribution in [0.5, 0.6) is 0 Å². The third-order valence-electron chi connectivity index (χ3n) is 3.86. The molecule has 0 unspecified atom stereocenters. The molecule has 0 aliphatic carbocycles. The van der Waals surface area contributed by atoms with Crippen LogP contribution in [-0.4, -0.2) is 10.9 Å². The van der Waals surface area contributed by atoms with Gasteiger partial charge in [-0.1, -0.05) is 36.9 Å². The van der Waals surface area contributed by atoms with E-state index in [9.17, 15) is 4.79 Å². The van der Waals surface area contributed by atoms with E-state index in [1.807, 2.05) is 32.1 Å². The molecular weight excluding hydrogens is 316 g/mol. The molecule has 1 heterocycles. The Morgan fingerprint density at radius 2 is 2.04 bits per heavy atom. The molecule has 1 aromatic carbocycles. The maximum Gasteiger partial charge on any atom is 0.274 e. The normalized spacial score (nSPS) is 12.1. The summed E-state index contributed by atoms with van der Waals surface area (Å²) in [5, 5.41) is 5.50. The number of benzene rings is 1. The summed E-state index contributed by atoms with van der Waals surface area (Å²) in [6.07, 6.45) is 6.04. The molecule has 0 atom stereocenters. The van der Waals surface area contributed by atoms with Crippen molar-refractivity contribution < 1.29 is 4.79 Å². The molecule has 2 aromatic rings. The zero-order chi connectivity index (χ0) is 17.5. The molecule has 2 rings (SSSR count). The van der Waals surface area contributed by atoms with Crippen molar-refractivity contribution in [3.63, 3.8) is 0 Å². The number of nitrogens with one attached hydrogen (secondary N) is 1. The highest BCUT2D eigenvalue weighted by Crippen LogP contribution is 2.17. The molecule has 0 bridgehead atoms. The number of carbonyl (C=O) groups excluding carboxylic acids is 1. The summed E-state index contributed by atoms with van der Waals surface area (Å²) in [5.74, 6) is -0.192. The Morgan fingerprint density at radius 3 is 2.75 bits per heavy atom. The zero-order valence-electron chi connectivity index (χ0n) is 14.3. The predicted molar refractivity (Wildman–Crippen MR) is 101 cm³/mol. The van der Waals surface area contributed by atoms with E-state index in [2.05, 4.69) is 35.9 Å². The monoisotopic (exact) mass is 338 g/mol. The molecule has 3 nitrogen and oxygen atoms in total. The smallest absolute Gasteiger partial charge is 0.274 e. The molecular formula is C20H22N2OS. The molecule has 24 heavy (non-hydrogen) atoms. The number of nitrogens with zero attached hydrogens (tertiary/aromatic N) is 1. The van der Waals surface area contributed by atoms with Gasteiger partial charge in [0, 0.05) is 18.0 Å². The molecule has 0 radical (unpaired) electrons. The fourth-order valence-electron chi connectivity index (χ4n) is 2.08. The van der Waals surface area contributed by atoms with Crippen molar-refractivity contribution >= 4 is 17.2 Å². The molecule has 1 amide bonds. The van der Waals surface area contributed by atoms with Gasteiger partial charge in [-0.05, 0) is 49.1 Å². The topological polar surface area (TPSA) is 42.0 Å². The average molecular weight is 338 g/mol. The van der Waals surface area contributed by atoms with Crippen LogP contribution in [0.25, 0.3) is 0 Å². The largest absolute Gasteiger partial charge is 0.327 e. The van der Waals surface area contributed by atoms with Gasteiger partial charge < -0.3 is 5.32 Å². The number of carbonyl (C=O) groups is 1. The number of hydrogen-bond donors (Lipinski definition) is 1. The minimum Gasteiger partial charge on any atom is -0.327 e. The van der Waals surface area contributed by atoms with Crippen molar-refractivity contribution in [1.29, 1.82) is 0 Å². The van der Waals surface area contributed by atoms with Gasteiger partial charge in [0.05, 0.1) is 5.01 Å². The first-order valence-corrected chi connectivity index (χ1v) is 8.65. The van der Waals surface area contributed by atoms with Crippen molar-refractivity contribution in [1.82, 2.24) is 10.3 Å². The highest BCUT2D eigenvalue weighted by Gasteiger charge is 2.10. The summed E-state index contributed by atoms with van der Waals surface area (Å²) in [7, 11) is 0. The first-order chi connectivity index (χ1) is 11.5. The highest BCUT2D eigenvalue weighted by atomic mass is 32.1. The van der Waals surface area contributed by atoms with Gasteiger partial charge in [0.2, 0.25) is 0 Å². The number of hydrogen-bond acceptors (Lipinski definition) is 3. The van der Waals surface area contributed by atoms with Crippen molar-refractivity contribution in [2.45, 2.75) is 27.2 Å². The molecule has 0 saturated carbocycles. The Hall–Kier alpha value is -2.46. The van der Waals surface area contributed by atoms with Crippen molar-refractivity contribution in [2.75, 3.05) is 0 Å². The van der Waals surface area contributed by atoms with Crippen LogP contribution in [0, 0.1) is 6.92 Å². The van der Waals surface area contributed by atoms with Gasteiger partial charge in [-0.25, -0.2) is 4.98 Å². The third kappa shape index (κ3) is 4.77. The standard InChI is InChI=1S/C20H22N2OS/c1-5-14(2)15(3)10-11-21-20(23)18-13-24-19(22-18)12-17-9-7-6-8-16(17)4/h5-11,13H,1,12H2,2-4H3,(H,21,23)/b11-10+,15-14-. The van der Waals surface area contributed by atoms with E-state index in [4.69, 9.17) is 0 Å². The number of aromatic nitrogens is 1. The molecule has 1 aromatic heterocycles. The van der Waals surface area contributed by atoms with Crippen molar-refractivity contribution in [3.8, 4) is 0 Å². The fraction of sp³-hybridized carbons (Fsp3) is 0.200. The Bertz CT molecular complexity index is 799. The summed E-state index contributed by atoms with van der Waals surface area (Å²) in [6, 6.07) is 8.23. The van der Waals surface area contributed by atoms with Gasteiger partial charge in [0.1, 0.15) is 5.69 Å². The first-order valence-electron chi connectivity index (χ1n) is 7.77. The summed E-state index contributed by atoms with van der Waals surface area (Å²) in [5.41, 5.74) is 5.06. The van der Waals surface area contributed by atoms with Gasteiger partial charge in [-0.2, -0.15) is 0 Å². The molecule has 0 aliphatic rings. The lowest BCUT2D eigenvalue weighted by Crippen LogP contribution is -2.17. The highest BCUT2D eigenvalue weighted by molar-refractivity contribution is 7.09. The summed E-state index contributed by atoms with van der Waals surface area (Å²) in [4.78, 5) is 16.6. The van der Waals surface area contributed by atoms with Gasteiger partial charge in [0.15, 0.2) is 0 Å². The van der Waals surface area contributed by atoms with Crippen LogP contribution in [0.4, 0.5) is 0 Å². The third-order valence-corrected chi connectivity index (χ3v) is 4.71. The van der Waals surface area contributed by atoms with Gasteiger partial charge in [-0.15, -0.1) is 11.3 Å². The van der Waals surface area contributed by atoms with E-state index < -0.39 is 0 Å². The Labute approximate surface area is 147 Å².